The monoisotopic (exact) mass is 318 g/mol. The summed E-state index contributed by atoms with van der Waals surface area (Å²) in [6.45, 7) is 4.82. The first kappa shape index (κ1) is 14.7. The van der Waals surface area contributed by atoms with Gasteiger partial charge in [-0.2, -0.15) is 0 Å². The summed E-state index contributed by atoms with van der Waals surface area (Å²) < 4.78 is 0. The van der Waals surface area contributed by atoms with Crippen molar-refractivity contribution >= 4 is 0 Å². The first-order valence-electron chi connectivity index (χ1n) is 9.43. The molecule has 2 aromatic carbocycles. The molecule has 0 bridgehead atoms. The summed E-state index contributed by atoms with van der Waals surface area (Å²) in [7, 11) is 0. The molecule has 0 N–H and O–H groups in total. The third kappa shape index (κ3) is 2.32. The van der Waals surface area contributed by atoms with Crippen LogP contribution in [0.15, 0.2) is 60.7 Å². The van der Waals surface area contributed by atoms with Crippen LogP contribution in [0, 0.1) is 5.92 Å². The third-order valence-electron chi connectivity index (χ3n) is 6.54. The number of benzene rings is 2. The highest BCUT2D eigenvalue weighted by molar-refractivity contribution is 5.28. The Bertz CT molecular complexity index is 657. The van der Waals surface area contributed by atoms with Crippen LogP contribution in [0.2, 0.25) is 0 Å². The van der Waals surface area contributed by atoms with Crippen LogP contribution >= 0.6 is 0 Å². The van der Waals surface area contributed by atoms with Gasteiger partial charge in [-0.3, -0.25) is 9.80 Å². The molecule has 0 amide bonds. The van der Waals surface area contributed by atoms with Gasteiger partial charge in [-0.05, 0) is 42.9 Å². The van der Waals surface area contributed by atoms with Crippen molar-refractivity contribution in [2.45, 2.75) is 43.9 Å². The van der Waals surface area contributed by atoms with Crippen molar-refractivity contribution in [3.05, 3.63) is 71.8 Å². The topological polar surface area (TPSA) is 6.48 Å². The Kier molecular flexibility index (Phi) is 3.50. The molecule has 0 spiro atoms. The highest BCUT2D eigenvalue weighted by Crippen LogP contribution is 2.60. The Morgan fingerprint density at radius 2 is 1.54 bits per heavy atom. The Morgan fingerprint density at radius 3 is 2.17 bits per heavy atom. The molecule has 3 atom stereocenters. The first-order valence-corrected chi connectivity index (χ1v) is 9.43. The number of hydrogen-bond acceptors (Lipinski definition) is 2. The maximum Gasteiger partial charge on any atom is 0.0416 e. The minimum absolute atomic E-state index is 0.447. The third-order valence-corrected chi connectivity index (χ3v) is 6.54. The zero-order chi connectivity index (χ0) is 16.0. The second-order valence-corrected chi connectivity index (χ2v) is 7.87. The number of piperidine rings is 1. The molecule has 0 aromatic heterocycles. The lowest BCUT2D eigenvalue weighted by Gasteiger charge is -2.37. The van der Waals surface area contributed by atoms with E-state index in [-0.39, 0.29) is 0 Å². The van der Waals surface area contributed by atoms with Gasteiger partial charge < -0.3 is 0 Å². The largest absolute Gasteiger partial charge is 0.298 e. The number of fused-ring (bicyclic) bond motifs is 3. The molecular formula is C22H26N2. The fraction of sp³-hybridized carbons (Fsp3) is 0.455. The molecule has 5 rings (SSSR count). The van der Waals surface area contributed by atoms with Crippen LogP contribution in [0.4, 0.5) is 0 Å². The van der Waals surface area contributed by atoms with Crippen LogP contribution in [0.25, 0.3) is 0 Å². The quantitative estimate of drug-likeness (QED) is 0.824. The van der Waals surface area contributed by atoms with Gasteiger partial charge in [0.25, 0.3) is 0 Å². The van der Waals surface area contributed by atoms with Crippen molar-refractivity contribution in [1.29, 1.82) is 0 Å². The van der Waals surface area contributed by atoms with Gasteiger partial charge in [0.1, 0.15) is 0 Å². The van der Waals surface area contributed by atoms with Crippen LogP contribution in [0.1, 0.15) is 30.4 Å². The van der Waals surface area contributed by atoms with Crippen molar-refractivity contribution in [2.24, 2.45) is 5.92 Å². The fourth-order valence-electron chi connectivity index (χ4n) is 5.42. The molecular weight excluding hydrogens is 292 g/mol. The van der Waals surface area contributed by atoms with E-state index in [1.54, 1.807) is 0 Å². The Labute approximate surface area is 145 Å². The van der Waals surface area contributed by atoms with Gasteiger partial charge >= 0.3 is 0 Å². The summed E-state index contributed by atoms with van der Waals surface area (Å²) in [5, 5.41) is 0. The van der Waals surface area contributed by atoms with Gasteiger partial charge in [0.2, 0.25) is 0 Å². The molecule has 2 nitrogen and oxygen atoms in total. The van der Waals surface area contributed by atoms with E-state index in [1.165, 1.54) is 43.5 Å². The maximum absolute atomic E-state index is 2.82. The van der Waals surface area contributed by atoms with Gasteiger partial charge in [-0.15, -0.1) is 0 Å². The van der Waals surface area contributed by atoms with E-state index in [0.717, 1.165) is 25.0 Å². The van der Waals surface area contributed by atoms with Crippen LogP contribution < -0.4 is 0 Å². The summed E-state index contributed by atoms with van der Waals surface area (Å²) >= 11 is 0. The number of nitrogens with zero attached hydrogens (tertiary/aromatic N) is 2. The summed E-state index contributed by atoms with van der Waals surface area (Å²) in [6.07, 6.45) is 4.20. The molecule has 1 saturated carbocycles. The lowest BCUT2D eigenvalue weighted by Crippen LogP contribution is -2.47. The van der Waals surface area contributed by atoms with E-state index in [9.17, 15) is 0 Å². The smallest absolute Gasteiger partial charge is 0.0416 e. The van der Waals surface area contributed by atoms with E-state index in [1.807, 2.05) is 0 Å². The summed E-state index contributed by atoms with van der Waals surface area (Å²) in [5.74, 6) is 0.898. The summed E-state index contributed by atoms with van der Waals surface area (Å²) in [6, 6.07) is 22.9. The standard InChI is InChI=1S/C22H26N2/c1-3-8-18(9-4-1)15-24(16-19-10-5-2-6-11-19)22-14-20(22)17-23-13-7-12-21(22)23/h1-6,8-11,20-21H,7,12-17H2. The molecule has 2 aromatic rings. The predicted octanol–water partition coefficient (Wildman–Crippen LogP) is 3.93. The Morgan fingerprint density at radius 1 is 0.917 bits per heavy atom. The van der Waals surface area contributed by atoms with E-state index >= 15 is 0 Å². The van der Waals surface area contributed by atoms with Crippen molar-refractivity contribution in [3.8, 4) is 0 Å². The molecule has 2 aliphatic heterocycles. The molecule has 0 radical (unpaired) electrons. The Balaban J connectivity index is 1.46. The first-order chi connectivity index (χ1) is 11.9. The van der Waals surface area contributed by atoms with Crippen molar-refractivity contribution in [3.63, 3.8) is 0 Å². The molecule has 1 aliphatic carbocycles. The van der Waals surface area contributed by atoms with Gasteiger partial charge in [0.15, 0.2) is 0 Å². The van der Waals surface area contributed by atoms with Crippen LogP contribution in [0.5, 0.6) is 0 Å². The van der Waals surface area contributed by atoms with Gasteiger partial charge in [0, 0.05) is 31.2 Å². The minimum Gasteiger partial charge on any atom is -0.298 e. The van der Waals surface area contributed by atoms with E-state index in [0.29, 0.717) is 5.54 Å². The lowest BCUT2D eigenvalue weighted by atomic mass is 9.99. The molecule has 2 heteroatoms. The molecule has 2 saturated heterocycles. The molecule has 3 aliphatic rings. The van der Waals surface area contributed by atoms with Crippen LogP contribution in [-0.4, -0.2) is 34.5 Å². The molecule has 3 fully saturated rings. The van der Waals surface area contributed by atoms with Gasteiger partial charge in [-0.1, -0.05) is 60.7 Å². The lowest BCUT2D eigenvalue weighted by molar-refractivity contribution is 0.104. The molecule has 2 heterocycles. The second-order valence-electron chi connectivity index (χ2n) is 7.87. The second kappa shape index (κ2) is 5.72. The van der Waals surface area contributed by atoms with E-state index in [4.69, 9.17) is 0 Å². The number of rotatable bonds is 5. The van der Waals surface area contributed by atoms with Gasteiger partial charge in [0.05, 0.1) is 0 Å². The normalized spacial score (nSPS) is 31.2. The van der Waals surface area contributed by atoms with Crippen LogP contribution in [0.3, 0.4) is 0 Å². The van der Waals surface area contributed by atoms with E-state index in [2.05, 4.69) is 70.5 Å². The molecule has 124 valence electrons. The summed E-state index contributed by atoms with van der Waals surface area (Å²) in [4.78, 5) is 5.59. The average Bonchev–Trinajstić information content (AvgIpc) is 2.99. The summed E-state index contributed by atoms with van der Waals surface area (Å²) in [5.41, 5.74) is 3.34. The predicted molar refractivity (Wildman–Crippen MR) is 97.6 cm³/mol. The minimum atomic E-state index is 0.447. The Hall–Kier alpha value is -1.64. The van der Waals surface area contributed by atoms with Gasteiger partial charge in [-0.25, -0.2) is 0 Å². The van der Waals surface area contributed by atoms with Crippen LogP contribution in [-0.2, 0) is 13.1 Å². The zero-order valence-corrected chi connectivity index (χ0v) is 14.3. The molecule has 24 heavy (non-hydrogen) atoms. The zero-order valence-electron chi connectivity index (χ0n) is 14.3. The van der Waals surface area contributed by atoms with Crippen molar-refractivity contribution < 1.29 is 0 Å². The number of hydrogen-bond donors (Lipinski definition) is 0. The highest BCUT2D eigenvalue weighted by Gasteiger charge is 2.68. The van der Waals surface area contributed by atoms with E-state index < -0.39 is 0 Å². The fourth-order valence-corrected chi connectivity index (χ4v) is 5.42. The average molecular weight is 318 g/mol. The van der Waals surface area contributed by atoms with Crippen molar-refractivity contribution in [2.75, 3.05) is 13.1 Å². The SMILES string of the molecule is c1ccc(CN(Cc2ccccc2)C23CC2CN2CCCC23)cc1. The highest BCUT2D eigenvalue weighted by atomic mass is 15.4. The molecule has 3 unspecified atom stereocenters. The van der Waals surface area contributed by atoms with Crippen molar-refractivity contribution in [1.82, 2.24) is 9.80 Å². The maximum atomic E-state index is 2.82.